The summed E-state index contributed by atoms with van der Waals surface area (Å²) in [6, 6.07) is 5.82. The third-order valence-corrected chi connectivity index (χ3v) is 3.34. The molecule has 0 radical (unpaired) electrons. The first kappa shape index (κ1) is 11.9. The molecule has 0 saturated heterocycles. The maximum absolute atomic E-state index is 9.29. The number of aliphatic hydroxyl groups excluding tert-OH is 1. The summed E-state index contributed by atoms with van der Waals surface area (Å²) in [5, 5.41) is 9.29. The zero-order valence-corrected chi connectivity index (χ0v) is 10.6. The van der Waals surface area contributed by atoms with Crippen LogP contribution in [0.1, 0.15) is 25.1 Å². The fraction of sp³-hybridized carbons (Fsp3) is 0.286. The van der Waals surface area contributed by atoms with Gasteiger partial charge in [-0.25, -0.2) is 9.97 Å². The smallest absolute Gasteiger partial charge is 0.181 e. The number of nitrogens with one attached hydrogen (secondary N) is 1. The van der Waals surface area contributed by atoms with Crippen molar-refractivity contribution in [1.82, 2.24) is 15.0 Å². The van der Waals surface area contributed by atoms with Crippen LogP contribution in [0.3, 0.4) is 0 Å². The minimum Gasteiger partial charge on any atom is -0.443 e. The van der Waals surface area contributed by atoms with Crippen molar-refractivity contribution in [3.05, 3.63) is 36.6 Å². The fourth-order valence-electron chi connectivity index (χ4n) is 2.12. The van der Waals surface area contributed by atoms with Gasteiger partial charge in [0.25, 0.3) is 0 Å². The third-order valence-electron chi connectivity index (χ3n) is 3.34. The van der Waals surface area contributed by atoms with E-state index < -0.39 is 0 Å². The van der Waals surface area contributed by atoms with Crippen LogP contribution in [0.4, 0.5) is 0 Å². The van der Waals surface area contributed by atoms with Crippen LogP contribution in [0.5, 0.6) is 0 Å². The Hall–Kier alpha value is -2.14. The molecule has 0 spiro atoms. The molecule has 5 nitrogen and oxygen atoms in total. The molecule has 0 amide bonds. The summed E-state index contributed by atoms with van der Waals surface area (Å²) < 4.78 is 5.29. The molecule has 0 aliphatic carbocycles. The fourth-order valence-corrected chi connectivity index (χ4v) is 2.12. The first-order valence-electron chi connectivity index (χ1n) is 6.31. The second-order valence-corrected chi connectivity index (χ2v) is 4.50. The van der Waals surface area contributed by atoms with Crippen molar-refractivity contribution >= 4 is 11.1 Å². The maximum Gasteiger partial charge on any atom is 0.181 e. The van der Waals surface area contributed by atoms with E-state index in [0.717, 1.165) is 34.6 Å². The Morgan fingerprint density at radius 1 is 1.37 bits per heavy atom. The van der Waals surface area contributed by atoms with E-state index in [1.165, 1.54) is 6.39 Å². The van der Waals surface area contributed by atoms with Crippen molar-refractivity contribution in [3.8, 4) is 11.3 Å². The molecule has 3 rings (SSSR count). The molecule has 98 valence electrons. The summed E-state index contributed by atoms with van der Waals surface area (Å²) in [6.07, 6.45) is 4.07. The lowest BCUT2D eigenvalue weighted by Crippen LogP contribution is -2.04. The highest BCUT2D eigenvalue weighted by molar-refractivity contribution is 5.78. The number of aromatic nitrogens is 3. The van der Waals surface area contributed by atoms with E-state index in [1.54, 1.807) is 6.20 Å². The molecular formula is C14H15N3O2. The van der Waals surface area contributed by atoms with Crippen LogP contribution >= 0.6 is 0 Å². The Labute approximate surface area is 110 Å². The number of benzene rings is 1. The van der Waals surface area contributed by atoms with Crippen LogP contribution in [0, 0.1) is 0 Å². The van der Waals surface area contributed by atoms with E-state index in [4.69, 9.17) is 4.42 Å². The van der Waals surface area contributed by atoms with Gasteiger partial charge in [-0.2, -0.15) is 0 Å². The van der Waals surface area contributed by atoms with Gasteiger partial charge in [0.2, 0.25) is 0 Å². The zero-order chi connectivity index (χ0) is 13.2. The maximum atomic E-state index is 9.29. The van der Waals surface area contributed by atoms with E-state index in [1.807, 2.05) is 25.1 Å². The van der Waals surface area contributed by atoms with Gasteiger partial charge < -0.3 is 14.5 Å². The van der Waals surface area contributed by atoms with Crippen molar-refractivity contribution in [3.63, 3.8) is 0 Å². The molecule has 2 aromatic heterocycles. The number of H-pyrrole nitrogens is 1. The SMILES string of the molecule is CCC(CO)c1ncc(-c2ccc3ncoc3c2)[nH]1. The first-order chi connectivity index (χ1) is 9.31. The van der Waals surface area contributed by atoms with Gasteiger partial charge in [-0.05, 0) is 18.6 Å². The lowest BCUT2D eigenvalue weighted by atomic mass is 10.1. The summed E-state index contributed by atoms with van der Waals surface area (Å²) in [5.41, 5.74) is 3.50. The summed E-state index contributed by atoms with van der Waals surface area (Å²) in [5.74, 6) is 0.875. The number of aliphatic hydroxyl groups is 1. The molecule has 2 N–H and O–H groups in total. The standard InChI is InChI=1S/C14H15N3O2/c1-2-9(7-18)14-15-6-12(17-14)10-3-4-11-13(5-10)19-8-16-11/h3-6,8-9,18H,2,7H2,1H3,(H,15,17). The second-order valence-electron chi connectivity index (χ2n) is 4.50. The summed E-state index contributed by atoms with van der Waals surface area (Å²) in [7, 11) is 0. The molecule has 3 aromatic rings. The Morgan fingerprint density at radius 2 is 2.26 bits per heavy atom. The van der Waals surface area contributed by atoms with Gasteiger partial charge in [-0.1, -0.05) is 13.0 Å². The van der Waals surface area contributed by atoms with Crippen LogP contribution < -0.4 is 0 Å². The molecule has 1 atom stereocenters. The van der Waals surface area contributed by atoms with Crippen LogP contribution in [0.2, 0.25) is 0 Å². The Morgan fingerprint density at radius 3 is 3.05 bits per heavy atom. The minimum absolute atomic E-state index is 0.0581. The number of aromatic amines is 1. The second kappa shape index (κ2) is 4.85. The van der Waals surface area contributed by atoms with Gasteiger partial charge in [0.1, 0.15) is 11.3 Å². The Kier molecular flexibility index (Phi) is 3.05. The number of nitrogens with zero attached hydrogens (tertiary/aromatic N) is 2. The monoisotopic (exact) mass is 257 g/mol. The average Bonchev–Trinajstić information content (AvgIpc) is 3.08. The number of hydrogen-bond acceptors (Lipinski definition) is 4. The zero-order valence-electron chi connectivity index (χ0n) is 10.6. The van der Waals surface area contributed by atoms with Gasteiger partial charge in [-0.15, -0.1) is 0 Å². The van der Waals surface area contributed by atoms with Crippen molar-refractivity contribution in [2.24, 2.45) is 0 Å². The van der Waals surface area contributed by atoms with Gasteiger partial charge in [0.05, 0.1) is 18.5 Å². The van der Waals surface area contributed by atoms with Gasteiger partial charge in [0.15, 0.2) is 12.0 Å². The quantitative estimate of drug-likeness (QED) is 0.753. The van der Waals surface area contributed by atoms with Crippen molar-refractivity contribution in [2.45, 2.75) is 19.3 Å². The molecular weight excluding hydrogens is 242 g/mol. The lowest BCUT2D eigenvalue weighted by molar-refractivity contribution is 0.258. The summed E-state index contributed by atoms with van der Waals surface area (Å²) in [4.78, 5) is 11.7. The molecule has 1 aromatic carbocycles. The Bertz CT molecular complexity index is 683. The summed E-state index contributed by atoms with van der Waals surface area (Å²) in [6.45, 7) is 2.13. The molecule has 5 heteroatoms. The molecule has 2 heterocycles. The lowest BCUT2D eigenvalue weighted by Gasteiger charge is -2.07. The number of oxazole rings is 1. The molecule has 0 bridgehead atoms. The molecule has 0 aliphatic rings. The third kappa shape index (κ3) is 2.13. The number of fused-ring (bicyclic) bond motifs is 1. The largest absolute Gasteiger partial charge is 0.443 e. The normalized spacial score (nSPS) is 12.9. The minimum atomic E-state index is 0.0581. The molecule has 0 fully saturated rings. The topological polar surface area (TPSA) is 74.9 Å². The highest BCUT2D eigenvalue weighted by Crippen LogP contribution is 2.24. The number of hydrogen-bond donors (Lipinski definition) is 2. The van der Waals surface area contributed by atoms with Crippen LogP contribution in [-0.4, -0.2) is 26.7 Å². The van der Waals surface area contributed by atoms with Gasteiger partial charge in [0, 0.05) is 11.5 Å². The van der Waals surface area contributed by atoms with Crippen molar-refractivity contribution < 1.29 is 9.52 Å². The van der Waals surface area contributed by atoms with E-state index >= 15 is 0 Å². The van der Waals surface area contributed by atoms with Crippen LogP contribution in [0.15, 0.2) is 35.2 Å². The van der Waals surface area contributed by atoms with Crippen molar-refractivity contribution in [1.29, 1.82) is 0 Å². The summed E-state index contributed by atoms with van der Waals surface area (Å²) >= 11 is 0. The highest BCUT2D eigenvalue weighted by Gasteiger charge is 2.13. The number of imidazole rings is 1. The predicted molar refractivity (Wildman–Crippen MR) is 71.7 cm³/mol. The van der Waals surface area contributed by atoms with E-state index in [9.17, 15) is 5.11 Å². The van der Waals surface area contributed by atoms with Crippen LogP contribution in [0.25, 0.3) is 22.4 Å². The predicted octanol–water partition coefficient (Wildman–Crippen LogP) is 2.70. The molecule has 0 saturated carbocycles. The average molecular weight is 257 g/mol. The van der Waals surface area contributed by atoms with E-state index in [0.29, 0.717) is 0 Å². The van der Waals surface area contributed by atoms with Crippen molar-refractivity contribution in [2.75, 3.05) is 6.61 Å². The van der Waals surface area contributed by atoms with E-state index in [2.05, 4.69) is 15.0 Å². The van der Waals surface area contributed by atoms with Gasteiger partial charge in [-0.3, -0.25) is 0 Å². The van der Waals surface area contributed by atoms with E-state index in [-0.39, 0.29) is 12.5 Å². The molecule has 0 aliphatic heterocycles. The first-order valence-corrected chi connectivity index (χ1v) is 6.31. The van der Waals surface area contributed by atoms with Crippen LogP contribution in [-0.2, 0) is 0 Å². The van der Waals surface area contributed by atoms with Gasteiger partial charge >= 0.3 is 0 Å². The number of rotatable bonds is 4. The Balaban J connectivity index is 1.97. The molecule has 1 unspecified atom stereocenters. The highest BCUT2D eigenvalue weighted by atomic mass is 16.3. The molecule has 19 heavy (non-hydrogen) atoms.